The fraction of sp³-hybridized carbons (Fsp3) is 0.600. The van der Waals surface area contributed by atoms with Crippen LogP contribution in [0.3, 0.4) is 0 Å². The number of nitrogens with one attached hydrogen (secondary N) is 1. The lowest BCUT2D eigenvalue weighted by atomic mass is 9.69. The second-order valence-corrected chi connectivity index (χ2v) is 5.60. The third kappa shape index (κ3) is 2.53. The zero-order valence-electron chi connectivity index (χ0n) is 10.3. The maximum Gasteiger partial charge on any atom is 0.0720 e. The van der Waals surface area contributed by atoms with Crippen LogP contribution in [0.15, 0.2) is 30.3 Å². The molecular formula is C15H21NO. The molecule has 1 saturated heterocycles. The van der Waals surface area contributed by atoms with Gasteiger partial charge >= 0.3 is 0 Å². The zero-order valence-corrected chi connectivity index (χ0v) is 10.3. The van der Waals surface area contributed by atoms with Gasteiger partial charge in [0.15, 0.2) is 0 Å². The molecule has 92 valence electrons. The van der Waals surface area contributed by atoms with Crippen molar-refractivity contribution < 1.29 is 4.74 Å². The number of hydrogen-bond donors (Lipinski definition) is 1. The van der Waals surface area contributed by atoms with Crippen LogP contribution in [0.5, 0.6) is 0 Å². The van der Waals surface area contributed by atoms with Crippen LogP contribution in [-0.4, -0.2) is 19.2 Å². The number of rotatable bonds is 3. The first-order valence-corrected chi connectivity index (χ1v) is 6.73. The van der Waals surface area contributed by atoms with Gasteiger partial charge in [0.25, 0.3) is 0 Å². The van der Waals surface area contributed by atoms with Crippen LogP contribution in [-0.2, 0) is 11.3 Å². The molecule has 0 unspecified atom stereocenters. The molecule has 3 rings (SSSR count). The summed E-state index contributed by atoms with van der Waals surface area (Å²) in [5.41, 5.74) is 1.94. The minimum Gasteiger partial charge on any atom is -0.374 e. The Labute approximate surface area is 103 Å². The van der Waals surface area contributed by atoms with Crippen LogP contribution in [0.4, 0.5) is 0 Å². The Morgan fingerprint density at radius 2 is 1.82 bits per heavy atom. The molecule has 1 aliphatic heterocycles. The predicted molar refractivity (Wildman–Crippen MR) is 68.8 cm³/mol. The van der Waals surface area contributed by atoms with Gasteiger partial charge in [0, 0.05) is 13.1 Å². The highest BCUT2D eigenvalue weighted by atomic mass is 16.5. The first-order chi connectivity index (χ1) is 8.36. The first kappa shape index (κ1) is 11.2. The molecule has 0 atom stereocenters. The summed E-state index contributed by atoms with van der Waals surface area (Å²) in [5, 5.41) is 3.40. The van der Waals surface area contributed by atoms with Crippen LogP contribution >= 0.6 is 0 Å². The van der Waals surface area contributed by atoms with Crippen LogP contribution in [0.25, 0.3) is 0 Å². The topological polar surface area (TPSA) is 21.3 Å². The molecule has 0 amide bonds. The minimum absolute atomic E-state index is 0.487. The van der Waals surface area contributed by atoms with Gasteiger partial charge in [-0.25, -0.2) is 0 Å². The van der Waals surface area contributed by atoms with E-state index in [1.165, 1.54) is 44.3 Å². The number of benzene rings is 1. The molecule has 1 heterocycles. The highest BCUT2D eigenvalue weighted by Gasteiger charge is 2.40. The fourth-order valence-corrected chi connectivity index (χ4v) is 2.99. The average Bonchev–Trinajstić information content (AvgIpc) is 2.36. The van der Waals surface area contributed by atoms with Gasteiger partial charge in [-0.1, -0.05) is 30.3 Å². The second-order valence-electron chi connectivity index (χ2n) is 5.60. The van der Waals surface area contributed by atoms with E-state index in [0.29, 0.717) is 11.5 Å². The van der Waals surface area contributed by atoms with E-state index < -0.39 is 0 Å². The molecule has 0 aromatic heterocycles. The fourth-order valence-electron chi connectivity index (χ4n) is 2.99. The van der Waals surface area contributed by atoms with Gasteiger partial charge in [-0.3, -0.25) is 0 Å². The predicted octanol–water partition coefficient (Wildman–Crippen LogP) is 2.74. The third-order valence-electron chi connectivity index (χ3n) is 4.32. The Balaban J connectivity index is 1.45. The molecule has 2 aliphatic rings. The summed E-state index contributed by atoms with van der Waals surface area (Å²) < 4.78 is 6.01. The molecule has 1 saturated carbocycles. The van der Waals surface area contributed by atoms with E-state index >= 15 is 0 Å². The molecule has 1 N–H and O–H groups in total. The smallest absolute Gasteiger partial charge is 0.0720 e. The van der Waals surface area contributed by atoms with E-state index in [1.807, 2.05) is 0 Å². The Morgan fingerprint density at radius 1 is 1.12 bits per heavy atom. The number of hydrogen-bond acceptors (Lipinski definition) is 2. The summed E-state index contributed by atoms with van der Waals surface area (Å²) in [7, 11) is 0. The molecule has 1 aromatic rings. The van der Waals surface area contributed by atoms with Crippen molar-refractivity contribution in [2.24, 2.45) is 5.41 Å². The number of ether oxygens (including phenoxy) is 1. The van der Waals surface area contributed by atoms with Gasteiger partial charge in [0.2, 0.25) is 0 Å². The minimum atomic E-state index is 0.487. The second kappa shape index (κ2) is 4.79. The van der Waals surface area contributed by atoms with Gasteiger partial charge in [0.05, 0.1) is 12.7 Å². The van der Waals surface area contributed by atoms with Crippen molar-refractivity contribution in [1.82, 2.24) is 5.32 Å². The maximum absolute atomic E-state index is 6.01. The van der Waals surface area contributed by atoms with Gasteiger partial charge in [-0.15, -0.1) is 0 Å². The lowest BCUT2D eigenvalue weighted by Crippen LogP contribution is -2.55. The third-order valence-corrected chi connectivity index (χ3v) is 4.32. The van der Waals surface area contributed by atoms with Gasteiger partial charge in [0.1, 0.15) is 0 Å². The molecule has 2 fully saturated rings. The van der Waals surface area contributed by atoms with Gasteiger partial charge < -0.3 is 10.1 Å². The molecule has 0 bridgehead atoms. The molecule has 17 heavy (non-hydrogen) atoms. The van der Waals surface area contributed by atoms with E-state index in [-0.39, 0.29) is 0 Å². The van der Waals surface area contributed by atoms with Crippen molar-refractivity contribution >= 4 is 0 Å². The van der Waals surface area contributed by atoms with E-state index in [0.717, 1.165) is 6.61 Å². The van der Waals surface area contributed by atoms with Crippen molar-refractivity contribution in [3.63, 3.8) is 0 Å². The Morgan fingerprint density at radius 3 is 2.41 bits per heavy atom. The van der Waals surface area contributed by atoms with E-state index in [9.17, 15) is 0 Å². The van der Waals surface area contributed by atoms with Crippen LogP contribution < -0.4 is 5.32 Å². The average molecular weight is 231 g/mol. The van der Waals surface area contributed by atoms with Crippen molar-refractivity contribution in [3.05, 3.63) is 35.9 Å². The normalized spacial score (nSPS) is 23.5. The van der Waals surface area contributed by atoms with Gasteiger partial charge in [-0.05, 0) is 36.7 Å². The molecule has 0 radical (unpaired) electrons. The van der Waals surface area contributed by atoms with Crippen LogP contribution in [0.1, 0.15) is 31.2 Å². The Bertz CT molecular complexity index is 348. The van der Waals surface area contributed by atoms with Crippen molar-refractivity contribution in [2.45, 2.75) is 38.4 Å². The lowest BCUT2D eigenvalue weighted by molar-refractivity contribution is -0.0267. The van der Waals surface area contributed by atoms with E-state index in [1.54, 1.807) is 0 Å². The monoisotopic (exact) mass is 231 g/mol. The molecule has 2 nitrogen and oxygen atoms in total. The quantitative estimate of drug-likeness (QED) is 0.863. The van der Waals surface area contributed by atoms with E-state index in [2.05, 4.69) is 35.6 Å². The summed E-state index contributed by atoms with van der Waals surface area (Å²) in [6.07, 6.45) is 5.67. The van der Waals surface area contributed by atoms with Crippen molar-refractivity contribution in [2.75, 3.05) is 13.1 Å². The Hall–Kier alpha value is -0.860. The van der Waals surface area contributed by atoms with Crippen molar-refractivity contribution in [1.29, 1.82) is 0 Å². The standard InChI is InChI=1S/C15H21NO/c1-2-4-13(5-3-1)10-17-14-6-8-15(9-7-14)11-16-12-15/h1-5,14,16H,6-12H2. The van der Waals surface area contributed by atoms with Crippen molar-refractivity contribution in [3.8, 4) is 0 Å². The maximum atomic E-state index is 6.01. The SMILES string of the molecule is c1ccc(COC2CCC3(CC2)CNC3)cc1. The summed E-state index contributed by atoms with van der Waals surface area (Å²) in [6, 6.07) is 10.5. The largest absolute Gasteiger partial charge is 0.374 e. The molecule has 1 spiro atoms. The summed E-state index contributed by atoms with van der Waals surface area (Å²) >= 11 is 0. The molecule has 1 aliphatic carbocycles. The first-order valence-electron chi connectivity index (χ1n) is 6.73. The molecule has 2 heteroatoms. The van der Waals surface area contributed by atoms with Gasteiger partial charge in [-0.2, -0.15) is 0 Å². The van der Waals surface area contributed by atoms with Crippen LogP contribution in [0, 0.1) is 5.41 Å². The summed E-state index contributed by atoms with van der Waals surface area (Å²) in [5.74, 6) is 0. The highest BCUT2D eigenvalue weighted by Crippen LogP contribution is 2.40. The molecular weight excluding hydrogens is 210 g/mol. The highest BCUT2D eigenvalue weighted by molar-refractivity contribution is 5.13. The Kier molecular flexibility index (Phi) is 3.17. The molecule has 1 aromatic carbocycles. The van der Waals surface area contributed by atoms with Crippen LogP contribution in [0.2, 0.25) is 0 Å². The summed E-state index contributed by atoms with van der Waals surface area (Å²) in [4.78, 5) is 0. The summed E-state index contributed by atoms with van der Waals surface area (Å²) in [6.45, 7) is 3.24. The lowest BCUT2D eigenvalue weighted by Gasteiger charge is -2.47. The van der Waals surface area contributed by atoms with E-state index in [4.69, 9.17) is 4.74 Å². The zero-order chi connectivity index (χ0) is 11.6.